The molecular formula is C56H42N6. The van der Waals surface area contributed by atoms with Gasteiger partial charge in [0.2, 0.25) is 0 Å². The Hall–Kier alpha value is -7.83. The molecule has 6 aromatic carbocycles. The molecule has 62 heavy (non-hydrogen) atoms. The number of fused-ring (bicyclic) bond motifs is 9. The van der Waals surface area contributed by atoms with Crippen molar-refractivity contribution in [2.45, 2.75) is 32.6 Å². The predicted octanol–water partition coefficient (Wildman–Crippen LogP) is 12.8. The Bertz CT molecular complexity index is 3630. The van der Waals surface area contributed by atoms with Crippen molar-refractivity contribution < 1.29 is 0 Å². The monoisotopic (exact) mass is 798 g/mol. The van der Waals surface area contributed by atoms with E-state index in [1.165, 1.54) is 71.5 Å². The number of aromatic nitrogens is 4. The fraction of sp³-hybridized carbons (Fsp3) is 0.0893. The summed E-state index contributed by atoms with van der Waals surface area (Å²) in [6.07, 6.45) is 17.1. The Morgan fingerprint density at radius 2 is 1.45 bits per heavy atom. The number of hydrogen-bond donors (Lipinski definition) is 2. The Labute approximate surface area is 359 Å². The van der Waals surface area contributed by atoms with Crippen molar-refractivity contribution in [1.82, 2.24) is 19.1 Å². The average Bonchev–Trinajstić information content (AvgIpc) is 3.83. The first-order valence-corrected chi connectivity index (χ1v) is 21.4. The summed E-state index contributed by atoms with van der Waals surface area (Å²) in [5.41, 5.74) is 26.8. The van der Waals surface area contributed by atoms with Crippen molar-refractivity contribution in [1.29, 1.82) is 5.41 Å². The maximum absolute atomic E-state index is 9.38. The summed E-state index contributed by atoms with van der Waals surface area (Å²) in [7, 11) is 0. The fourth-order valence-electron chi connectivity index (χ4n) is 10.8. The summed E-state index contributed by atoms with van der Waals surface area (Å²) >= 11 is 0. The minimum Gasteiger partial charge on any atom is -0.403 e. The third-order valence-corrected chi connectivity index (χ3v) is 13.4. The van der Waals surface area contributed by atoms with Gasteiger partial charge in [0.05, 0.1) is 51.1 Å². The zero-order chi connectivity index (χ0) is 41.6. The molecule has 0 bridgehead atoms. The van der Waals surface area contributed by atoms with Crippen molar-refractivity contribution in [3.8, 4) is 28.1 Å². The van der Waals surface area contributed by atoms with E-state index in [-0.39, 0.29) is 0 Å². The van der Waals surface area contributed by atoms with Crippen LogP contribution in [0.5, 0.6) is 0 Å². The van der Waals surface area contributed by atoms with E-state index in [1.54, 1.807) is 6.20 Å². The highest BCUT2D eigenvalue weighted by Gasteiger charge is 2.33. The van der Waals surface area contributed by atoms with Gasteiger partial charge in [0, 0.05) is 62.2 Å². The van der Waals surface area contributed by atoms with E-state index in [1.807, 2.05) is 61.9 Å². The highest BCUT2D eigenvalue weighted by atomic mass is 15.0. The molecule has 3 N–H and O–H groups in total. The van der Waals surface area contributed by atoms with E-state index in [2.05, 4.69) is 118 Å². The molecule has 6 heteroatoms. The van der Waals surface area contributed by atoms with Crippen molar-refractivity contribution in [3.63, 3.8) is 0 Å². The zero-order valence-corrected chi connectivity index (χ0v) is 34.4. The van der Waals surface area contributed by atoms with E-state index < -0.39 is 0 Å². The van der Waals surface area contributed by atoms with Crippen LogP contribution in [0, 0.1) is 5.41 Å². The van der Waals surface area contributed by atoms with Crippen LogP contribution in [0.2, 0.25) is 0 Å². The van der Waals surface area contributed by atoms with Gasteiger partial charge in [-0.2, -0.15) is 0 Å². The summed E-state index contributed by atoms with van der Waals surface area (Å²) in [6, 6.07) is 41.1. The van der Waals surface area contributed by atoms with Crippen LogP contribution in [0.25, 0.3) is 94.2 Å². The van der Waals surface area contributed by atoms with E-state index in [0.29, 0.717) is 5.71 Å². The van der Waals surface area contributed by atoms with Gasteiger partial charge in [0.15, 0.2) is 0 Å². The van der Waals surface area contributed by atoms with Gasteiger partial charge in [-0.05, 0) is 138 Å². The van der Waals surface area contributed by atoms with Crippen molar-refractivity contribution in [2.24, 2.45) is 5.73 Å². The van der Waals surface area contributed by atoms with Crippen LogP contribution >= 0.6 is 0 Å². The second-order valence-electron chi connectivity index (χ2n) is 16.6. The number of benzene rings is 6. The molecule has 2 aliphatic carbocycles. The third kappa shape index (κ3) is 5.13. The largest absolute Gasteiger partial charge is 0.403 e. The number of nitrogens with two attached hydrogens (primary N) is 1. The molecule has 6 nitrogen and oxygen atoms in total. The van der Waals surface area contributed by atoms with Crippen molar-refractivity contribution in [2.75, 3.05) is 0 Å². The molecule has 0 spiro atoms. The van der Waals surface area contributed by atoms with Gasteiger partial charge >= 0.3 is 0 Å². The molecule has 12 rings (SSSR count). The fourth-order valence-corrected chi connectivity index (χ4v) is 10.8. The van der Waals surface area contributed by atoms with Crippen LogP contribution in [0.4, 0.5) is 0 Å². The van der Waals surface area contributed by atoms with Crippen LogP contribution in [0.1, 0.15) is 45.9 Å². The number of allylic oxidation sites excluding steroid dienone is 3. The van der Waals surface area contributed by atoms with Crippen molar-refractivity contribution >= 4 is 71.9 Å². The lowest BCUT2D eigenvalue weighted by Gasteiger charge is -2.31. The SMILES string of the molecule is C=Cc1ccccc1C(=N)c1ccc2c(c1)c1cc3c4c(c1n2C(/C=C\C)=C/N)CCc1c-4c(cc2c4cc(-c5nccc6ccccc56)ccc4n(-c4cccnc4)c12)CC3. The van der Waals surface area contributed by atoms with Gasteiger partial charge in [-0.25, -0.2) is 0 Å². The quantitative estimate of drug-likeness (QED) is 0.124. The van der Waals surface area contributed by atoms with Crippen LogP contribution in [-0.4, -0.2) is 24.8 Å². The predicted molar refractivity (Wildman–Crippen MR) is 258 cm³/mol. The normalized spacial score (nSPS) is 13.5. The molecule has 296 valence electrons. The summed E-state index contributed by atoms with van der Waals surface area (Å²) in [6.45, 7) is 6.07. The summed E-state index contributed by atoms with van der Waals surface area (Å²) in [5.74, 6) is 0. The molecule has 0 saturated heterocycles. The second-order valence-corrected chi connectivity index (χ2v) is 16.6. The first-order chi connectivity index (χ1) is 30.6. The van der Waals surface area contributed by atoms with Crippen LogP contribution in [0.3, 0.4) is 0 Å². The summed E-state index contributed by atoms with van der Waals surface area (Å²) in [5, 5.41) is 16.5. The molecule has 0 fully saturated rings. The Morgan fingerprint density at radius 3 is 2.23 bits per heavy atom. The van der Waals surface area contributed by atoms with Gasteiger partial charge < -0.3 is 14.9 Å². The van der Waals surface area contributed by atoms with Crippen LogP contribution in [0.15, 0.2) is 159 Å². The second kappa shape index (κ2) is 13.9. The van der Waals surface area contributed by atoms with E-state index in [0.717, 1.165) is 81.3 Å². The Morgan fingerprint density at radius 1 is 0.710 bits per heavy atom. The Balaban J connectivity index is 1.13. The highest BCUT2D eigenvalue weighted by molar-refractivity contribution is 6.20. The first kappa shape index (κ1) is 36.1. The third-order valence-electron chi connectivity index (χ3n) is 13.4. The van der Waals surface area contributed by atoms with Gasteiger partial charge in [-0.1, -0.05) is 79.4 Å². The molecule has 2 aliphatic rings. The number of aryl methyl sites for hydroxylation is 4. The number of pyridine rings is 2. The van der Waals surface area contributed by atoms with Crippen LogP contribution < -0.4 is 5.73 Å². The number of rotatable bonds is 7. The van der Waals surface area contributed by atoms with E-state index in [9.17, 15) is 5.41 Å². The zero-order valence-electron chi connectivity index (χ0n) is 34.4. The average molecular weight is 799 g/mol. The van der Waals surface area contributed by atoms with Gasteiger partial charge in [0.1, 0.15) is 0 Å². The minimum absolute atomic E-state index is 0.484. The molecule has 0 saturated carbocycles. The molecule has 0 aliphatic heterocycles. The number of hydrogen-bond acceptors (Lipinski definition) is 4. The topological polar surface area (TPSA) is 85.5 Å². The van der Waals surface area contributed by atoms with Crippen LogP contribution in [-0.2, 0) is 25.7 Å². The lowest BCUT2D eigenvalue weighted by atomic mass is 9.74. The van der Waals surface area contributed by atoms with E-state index >= 15 is 0 Å². The Kier molecular flexibility index (Phi) is 8.06. The molecule has 0 unspecified atom stereocenters. The summed E-state index contributed by atoms with van der Waals surface area (Å²) in [4.78, 5) is 9.55. The maximum Gasteiger partial charge on any atom is 0.0780 e. The number of nitrogens with one attached hydrogen (secondary N) is 1. The van der Waals surface area contributed by atoms with Gasteiger partial charge in [-0.3, -0.25) is 15.4 Å². The maximum atomic E-state index is 9.38. The molecule has 10 aromatic rings. The minimum atomic E-state index is 0.484. The standard InChI is InChI=1S/C56H42N6/c1-3-10-39(31-57)61-49-22-18-37(53(58)41-14-7-5-11-33(41)4-2)29-45(49)47-27-35-16-17-36-28-48-46-30-38(54-42-15-8-6-12-34(42)24-26-60-54)19-23-50(46)62(40-13-9-25-59-32-40)56(48)44-21-20-43(55(47)61)51(35)52(36)44/h3-15,18-19,22-32,58H,2,16-17,20-21,57H2,1H3/b10-3-,39-31+,58-53?. The lowest BCUT2D eigenvalue weighted by molar-refractivity contribution is 0.883. The molecule has 4 aromatic heterocycles. The molecule has 0 atom stereocenters. The smallest absolute Gasteiger partial charge is 0.0780 e. The molecule has 0 radical (unpaired) electrons. The first-order valence-electron chi connectivity index (χ1n) is 21.4. The van der Waals surface area contributed by atoms with E-state index in [4.69, 9.17) is 10.7 Å². The van der Waals surface area contributed by atoms with Gasteiger partial charge in [0.25, 0.3) is 0 Å². The highest BCUT2D eigenvalue weighted by Crippen LogP contribution is 2.51. The molecule has 4 heterocycles. The molecular weight excluding hydrogens is 757 g/mol. The van der Waals surface area contributed by atoms with Gasteiger partial charge in [-0.15, -0.1) is 0 Å². The number of nitrogens with zero attached hydrogens (tertiary/aromatic N) is 4. The summed E-state index contributed by atoms with van der Waals surface area (Å²) < 4.78 is 4.81. The van der Waals surface area contributed by atoms with Crippen molar-refractivity contribution in [3.05, 3.63) is 198 Å². The lowest BCUT2D eigenvalue weighted by Crippen LogP contribution is -2.16. The molecule has 0 amide bonds.